The van der Waals surface area contributed by atoms with Crippen LogP contribution in [0.2, 0.25) is 0 Å². The Labute approximate surface area is 162 Å². The van der Waals surface area contributed by atoms with E-state index >= 15 is 0 Å². The number of rotatable bonds is 4. The van der Waals surface area contributed by atoms with Crippen molar-refractivity contribution in [3.8, 4) is 0 Å². The van der Waals surface area contributed by atoms with E-state index in [-0.39, 0.29) is 11.8 Å². The number of carbonyl (C=O) groups is 2. The van der Waals surface area contributed by atoms with Crippen molar-refractivity contribution >= 4 is 34.8 Å². The van der Waals surface area contributed by atoms with Gasteiger partial charge in [-0.2, -0.15) is 0 Å². The maximum Gasteiger partial charge on any atom is 0.261 e. The van der Waals surface area contributed by atoms with Crippen LogP contribution < -0.4 is 15.5 Å². The first-order chi connectivity index (χ1) is 13.6. The van der Waals surface area contributed by atoms with Crippen molar-refractivity contribution in [2.24, 2.45) is 0 Å². The van der Waals surface area contributed by atoms with E-state index in [1.54, 1.807) is 17.0 Å². The number of amides is 2. The number of benzene rings is 2. The Morgan fingerprint density at radius 1 is 1.00 bits per heavy atom. The maximum atomic E-state index is 12.8. The van der Waals surface area contributed by atoms with Crippen LogP contribution in [0.25, 0.3) is 0 Å². The van der Waals surface area contributed by atoms with Crippen molar-refractivity contribution in [3.05, 3.63) is 72.1 Å². The summed E-state index contributed by atoms with van der Waals surface area (Å²) in [5.74, 6) is 0.127. The summed E-state index contributed by atoms with van der Waals surface area (Å²) in [4.78, 5) is 34.3. The van der Waals surface area contributed by atoms with Gasteiger partial charge in [0.05, 0.1) is 5.56 Å². The zero-order valence-corrected chi connectivity index (χ0v) is 15.3. The molecular weight excluding hydrogens is 354 g/mol. The van der Waals surface area contributed by atoms with Gasteiger partial charge < -0.3 is 15.5 Å². The molecule has 0 bridgehead atoms. The molecule has 7 nitrogen and oxygen atoms in total. The number of nitrogens with one attached hydrogen (secondary N) is 2. The Morgan fingerprint density at radius 3 is 2.54 bits per heavy atom. The molecule has 0 spiro atoms. The highest BCUT2D eigenvalue weighted by Crippen LogP contribution is 2.28. The number of nitrogens with zero attached hydrogens (tertiary/aromatic N) is 3. The highest BCUT2D eigenvalue weighted by atomic mass is 16.2. The van der Waals surface area contributed by atoms with Gasteiger partial charge in [0.15, 0.2) is 0 Å². The van der Waals surface area contributed by atoms with Crippen molar-refractivity contribution in [2.45, 2.75) is 13.3 Å². The van der Waals surface area contributed by atoms with Crippen LogP contribution >= 0.6 is 0 Å². The summed E-state index contributed by atoms with van der Waals surface area (Å²) >= 11 is 0. The van der Waals surface area contributed by atoms with Crippen LogP contribution in [0.1, 0.15) is 22.8 Å². The van der Waals surface area contributed by atoms with Crippen molar-refractivity contribution in [1.82, 2.24) is 9.97 Å². The van der Waals surface area contributed by atoms with E-state index < -0.39 is 0 Å². The van der Waals surface area contributed by atoms with Crippen molar-refractivity contribution in [2.75, 3.05) is 22.1 Å². The van der Waals surface area contributed by atoms with E-state index in [9.17, 15) is 9.59 Å². The van der Waals surface area contributed by atoms with Crippen molar-refractivity contribution in [3.63, 3.8) is 0 Å². The molecule has 28 heavy (non-hydrogen) atoms. The lowest BCUT2D eigenvalue weighted by atomic mass is 10.2. The summed E-state index contributed by atoms with van der Waals surface area (Å²) in [6.45, 7) is 2.12. The van der Waals surface area contributed by atoms with Gasteiger partial charge in [0.2, 0.25) is 11.9 Å². The van der Waals surface area contributed by atoms with Gasteiger partial charge in [0.25, 0.3) is 5.91 Å². The van der Waals surface area contributed by atoms with Crippen LogP contribution in [0, 0.1) is 0 Å². The van der Waals surface area contributed by atoms with Crippen LogP contribution in [0.4, 0.5) is 23.0 Å². The van der Waals surface area contributed by atoms with Crippen molar-refractivity contribution < 1.29 is 9.59 Å². The molecule has 0 saturated carbocycles. The summed E-state index contributed by atoms with van der Waals surface area (Å²) < 4.78 is 0. The second-order valence-electron chi connectivity index (χ2n) is 6.52. The first kappa shape index (κ1) is 17.7. The number of fused-ring (bicyclic) bond motifs is 1. The number of hydrogen-bond acceptors (Lipinski definition) is 5. The normalized spacial score (nSPS) is 12.4. The quantitative estimate of drug-likeness (QED) is 0.732. The van der Waals surface area contributed by atoms with Gasteiger partial charge in [0, 0.05) is 42.9 Å². The number of aromatic nitrogens is 2. The molecule has 2 amide bonds. The van der Waals surface area contributed by atoms with E-state index in [1.807, 2.05) is 36.4 Å². The summed E-state index contributed by atoms with van der Waals surface area (Å²) in [6.07, 6.45) is 3.90. The van der Waals surface area contributed by atoms with Crippen molar-refractivity contribution in [1.29, 1.82) is 0 Å². The number of para-hydroxylation sites is 1. The molecule has 1 aliphatic heterocycles. The molecule has 1 aromatic heterocycles. The topological polar surface area (TPSA) is 87.2 Å². The Kier molecular flexibility index (Phi) is 4.72. The molecule has 0 atom stereocenters. The van der Waals surface area contributed by atoms with E-state index in [0.29, 0.717) is 23.7 Å². The molecule has 2 N–H and O–H groups in total. The highest BCUT2D eigenvalue weighted by Gasteiger charge is 2.25. The molecule has 0 unspecified atom stereocenters. The molecule has 0 fully saturated rings. The summed E-state index contributed by atoms with van der Waals surface area (Å²) in [7, 11) is 0. The predicted molar refractivity (Wildman–Crippen MR) is 108 cm³/mol. The predicted octanol–water partition coefficient (Wildman–Crippen LogP) is 3.38. The number of carbonyl (C=O) groups excluding carboxylic acids is 2. The van der Waals surface area contributed by atoms with E-state index in [2.05, 4.69) is 20.6 Å². The molecule has 2 aromatic carbocycles. The highest BCUT2D eigenvalue weighted by molar-refractivity contribution is 6.07. The van der Waals surface area contributed by atoms with Crippen LogP contribution in [0.3, 0.4) is 0 Å². The largest absolute Gasteiger partial charge is 0.326 e. The van der Waals surface area contributed by atoms with E-state index in [0.717, 1.165) is 17.8 Å². The van der Waals surface area contributed by atoms with Gasteiger partial charge in [-0.15, -0.1) is 0 Å². The van der Waals surface area contributed by atoms with Crippen LogP contribution in [0.5, 0.6) is 0 Å². The fraction of sp³-hybridized carbons (Fsp3) is 0.143. The van der Waals surface area contributed by atoms with Gasteiger partial charge in [-0.1, -0.05) is 24.3 Å². The Balaban J connectivity index is 1.47. The Hall–Kier alpha value is -3.74. The lowest BCUT2D eigenvalue weighted by Gasteiger charge is -2.17. The SMILES string of the molecule is CC(=O)Nc1cccc(Nc2ncc(C(=O)N3CCc4ccccc43)cn2)c1. The molecule has 2 heterocycles. The van der Waals surface area contributed by atoms with Gasteiger partial charge in [-0.05, 0) is 36.2 Å². The third-order valence-electron chi connectivity index (χ3n) is 4.47. The minimum atomic E-state index is -0.139. The Bertz CT molecular complexity index is 1030. The molecule has 0 saturated heterocycles. The minimum Gasteiger partial charge on any atom is -0.326 e. The maximum absolute atomic E-state index is 12.8. The standard InChI is InChI=1S/C21H19N5O2/c1-14(27)24-17-6-4-7-18(11-17)25-21-22-12-16(13-23-21)20(28)26-10-9-15-5-2-3-8-19(15)26/h2-8,11-13H,9-10H2,1H3,(H,24,27)(H,22,23,25). The smallest absolute Gasteiger partial charge is 0.261 e. The average Bonchev–Trinajstić information content (AvgIpc) is 3.12. The second kappa shape index (κ2) is 7.48. The first-order valence-corrected chi connectivity index (χ1v) is 8.96. The third-order valence-corrected chi connectivity index (χ3v) is 4.47. The lowest BCUT2D eigenvalue weighted by Crippen LogP contribution is -2.29. The van der Waals surface area contributed by atoms with Gasteiger partial charge >= 0.3 is 0 Å². The molecule has 7 heteroatoms. The van der Waals surface area contributed by atoms with E-state index in [4.69, 9.17) is 0 Å². The average molecular weight is 373 g/mol. The zero-order chi connectivity index (χ0) is 19.5. The van der Waals surface area contributed by atoms with Crippen LogP contribution in [-0.2, 0) is 11.2 Å². The number of anilines is 4. The van der Waals surface area contributed by atoms with Crippen LogP contribution in [-0.4, -0.2) is 28.3 Å². The van der Waals surface area contributed by atoms with Crippen LogP contribution in [0.15, 0.2) is 60.9 Å². The first-order valence-electron chi connectivity index (χ1n) is 8.96. The summed E-state index contributed by atoms with van der Waals surface area (Å²) in [5.41, 5.74) is 3.98. The molecule has 0 aliphatic carbocycles. The molecule has 1 aliphatic rings. The van der Waals surface area contributed by atoms with Gasteiger partial charge in [0.1, 0.15) is 0 Å². The molecule has 4 rings (SSSR count). The minimum absolute atomic E-state index is 0.107. The summed E-state index contributed by atoms with van der Waals surface area (Å²) in [6, 6.07) is 15.2. The monoisotopic (exact) mass is 373 g/mol. The third kappa shape index (κ3) is 3.68. The fourth-order valence-corrected chi connectivity index (χ4v) is 3.22. The molecule has 0 radical (unpaired) electrons. The number of hydrogen-bond donors (Lipinski definition) is 2. The fourth-order valence-electron chi connectivity index (χ4n) is 3.22. The van der Waals surface area contributed by atoms with Gasteiger partial charge in [-0.25, -0.2) is 9.97 Å². The lowest BCUT2D eigenvalue weighted by molar-refractivity contribution is -0.114. The van der Waals surface area contributed by atoms with E-state index in [1.165, 1.54) is 24.9 Å². The molecule has 140 valence electrons. The molecular formula is C21H19N5O2. The molecule has 3 aromatic rings. The second-order valence-corrected chi connectivity index (χ2v) is 6.52. The summed E-state index contributed by atoms with van der Waals surface area (Å²) in [5, 5.41) is 5.79. The Morgan fingerprint density at radius 2 is 1.75 bits per heavy atom. The van der Waals surface area contributed by atoms with Gasteiger partial charge in [-0.3, -0.25) is 9.59 Å². The zero-order valence-electron chi connectivity index (χ0n) is 15.3.